The largest absolute Gasteiger partial charge is 0.481 e. The number of urea groups is 1. The summed E-state index contributed by atoms with van der Waals surface area (Å²) in [4.78, 5) is 25.3. The maximum absolute atomic E-state index is 12.1. The monoisotopic (exact) mass is 302 g/mol. The van der Waals surface area contributed by atoms with E-state index in [1.807, 2.05) is 20.1 Å². The number of hydrogen-bond donors (Lipinski definition) is 2. The van der Waals surface area contributed by atoms with E-state index < -0.39 is 11.4 Å². The third-order valence-corrected chi connectivity index (χ3v) is 4.81. The summed E-state index contributed by atoms with van der Waals surface area (Å²) in [6, 6.07) is 0.0707. The summed E-state index contributed by atoms with van der Waals surface area (Å²) < 4.78 is 0. The van der Waals surface area contributed by atoms with Crippen molar-refractivity contribution in [1.82, 2.24) is 10.2 Å². The van der Waals surface area contributed by atoms with E-state index in [2.05, 4.69) is 5.32 Å². The summed E-state index contributed by atoms with van der Waals surface area (Å²) in [5, 5.41) is 12.4. The fourth-order valence-corrected chi connectivity index (χ4v) is 3.36. The van der Waals surface area contributed by atoms with E-state index in [0.29, 0.717) is 32.4 Å². The van der Waals surface area contributed by atoms with E-state index >= 15 is 0 Å². The Morgan fingerprint density at radius 3 is 2.45 bits per heavy atom. The van der Waals surface area contributed by atoms with Crippen LogP contribution in [0.5, 0.6) is 0 Å². The number of thioether (sulfide) groups is 1. The number of carboxylic acid groups (broad SMARTS) is 1. The predicted octanol–water partition coefficient (Wildman–Crippen LogP) is 2.41. The Morgan fingerprint density at radius 2 is 2.00 bits per heavy atom. The molecule has 0 saturated carbocycles. The Kier molecular flexibility index (Phi) is 6.65. The molecule has 0 aliphatic carbocycles. The zero-order valence-electron chi connectivity index (χ0n) is 12.6. The van der Waals surface area contributed by atoms with E-state index in [9.17, 15) is 14.7 Å². The number of carbonyl (C=O) groups excluding carboxylic acids is 1. The van der Waals surface area contributed by atoms with Gasteiger partial charge in [0.25, 0.3) is 0 Å². The molecule has 5 nitrogen and oxygen atoms in total. The Morgan fingerprint density at radius 1 is 1.40 bits per heavy atom. The number of nitrogens with zero attached hydrogens (tertiary/aromatic N) is 1. The molecule has 2 N–H and O–H groups in total. The minimum absolute atomic E-state index is 0.0676. The Balaban J connectivity index is 2.52. The minimum atomic E-state index is -0.713. The average molecular weight is 302 g/mol. The first-order valence-corrected chi connectivity index (χ1v) is 8.62. The molecular formula is C14H26N2O3S. The third kappa shape index (κ3) is 4.30. The summed E-state index contributed by atoms with van der Waals surface area (Å²) in [6.45, 7) is 5.05. The van der Waals surface area contributed by atoms with Crippen LogP contribution in [-0.2, 0) is 4.79 Å². The van der Waals surface area contributed by atoms with Gasteiger partial charge in [0.05, 0.1) is 5.41 Å². The molecule has 1 fully saturated rings. The van der Waals surface area contributed by atoms with Gasteiger partial charge in [-0.05, 0) is 32.4 Å². The van der Waals surface area contributed by atoms with Gasteiger partial charge in [0.2, 0.25) is 0 Å². The van der Waals surface area contributed by atoms with Crippen LogP contribution < -0.4 is 5.32 Å². The molecule has 1 aliphatic heterocycles. The van der Waals surface area contributed by atoms with Gasteiger partial charge in [0, 0.05) is 24.9 Å². The third-order valence-electron chi connectivity index (χ3n) is 3.98. The number of carboxylic acids is 1. The van der Waals surface area contributed by atoms with E-state index in [-0.39, 0.29) is 12.1 Å². The molecule has 0 aromatic heterocycles. The van der Waals surface area contributed by atoms with Crippen molar-refractivity contribution in [2.24, 2.45) is 5.41 Å². The number of piperidine rings is 1. The molecule has 6 heteroatoms. The van der Waals surface area contributed by atoms with Crippen LogP contribution in [0.25, 0.3) is 0 Å². The molecule has 0 aromatic rings. The molecule has 1 atom stereocenters. The quantitative estimate of drug-likeness (QED) is 0.790. The fraction of sp³-hybridized carbons (Fsp3) is 0.857. The second kappa shape index (κ2) is 7.76. The van der Waals surface area contributed by atoms with Crippen molar-refractivity contribution in [3.05, 3.63) is 0 Å². The average Bonchev–Trinajstić information content (AvgIpc) is 2.39. The van der Waals surface area contributed by atoms with Crippen LogP contribution >= 0.6 is 11.8 Å². The molecule has 2 amide bonds. The van der Waals surface area contributed by atoms with E-state index in [1.165, 1.54) is 0 Å². The lowest BCUT2D eigenvalue weighted by molar-refractivity contribution is -0.152. The Labute approximate surface area is 125 Å². The second-order valence-electron chi connectivity index (χ2n) is 5.63. The Bertz CT molecular complexity index is 341. The summed E-state index contributed by atoms with van der Waals surface area (Å²) in [6.07, 6.45) is 4.68. The molecule has 0 aromatic carbocycles. The van der Waals surface area contributed by atoms with Gasteiger partial charge in [-0.25, -0.2) is 4.79 Å². The first-order valence-electron chi connectivity index (χ1n) is 7.23. The molecule has 0 radical (unpaired) electrons. The number of nitrogens with one attached hydrogen (secondary N) is 1. The van der Waals surface area contributed by atoms with Gasteiger partial charge in [-0.15, -0.1) is 0 Å². The maximum atomic E-state index is 12.1. The fourth-order valence-electron chi connectivity index (χ4n) is 2.78. The summed E-state index contributed by atoms with van der Waals surface area (Å²) in [7, 11) is 0. The predicted molar refractivity (Wildman–Crippen MR) is 82.2 cm³/mol. The number of hydrogen-bond acceptors (Lipinski definition) is 3. The van der Waals surface area contributed by atoms with Gasteiger partial charge in [-0.1, -0.05) is 13.3 Å². The van der Waals surface area contributed by atoms with Crippen LogP contribution in [0.2, 0.25) is 0 Å². The summed E-state index contributed by atoms with van der Waals surface area (Å²) in [5.41, 5.74) is -0.629. The summed E-state index contributed by atoms with van der Waals surface area (Å²) in [5.74, 6) is 0.171. The number of amides is 2. The number of likely N-dealkylation sites (tertiary alicyclic amines) is 1. The summed E-state index contributed by atoms with van der Waals surface area (Å²) >= 11 is 1.70. The van der Waals surface area contributed by atoms with E-state index in [4.69, 9.17) is 0 Å². The van der Waals surface area contributed by atoms with Crippen molar-refractivity contribution < 1.29 is 14.7 Å². The van der Waals surface area contributed by atoms with Crippen LogP contribution in [-0.4, -0.2) is 53.1 Å². The molecule has 0 spiro atoms. The topological polar surface area (TPSA) is 69.6 Å². The maximum Gasteiger partial charge on any atom is 0.317 e. The van der Waals surface area contributed by atoms with Crippen LogP contribution in [0, 0.1) is 5.41 Å². The van der Waals surface area contributed by atoms with Gasteiger partial charge < -0.3 is 15.3 Å². The molecule has 116 valence electrons. The Hall–Kier alpha value is -0.910. The highest BCUT2D eigenvalue weighted by atomic mass is 32.2. The lowest BCUT2D eigenvalue weighted by Gasteiger charge is -2.39. The van der Waals surface area contributed by atoms with Gasteiger partial charge in [-0.2, -0.15) is 11.8 Å². The van der Waals surface area contributed by atoms with Crippen LogP contribution in [0.3, 0.4) is 0 Å². The smallest absolute Gasteiger partial charge is 0.317 e. The first-order chi connectivity index (χ1) is 9.45. The standard InChI is InChI=1S/C14H26N2O3S/c1-4-5-14(12(17)18)6-8-16(9-7-14)13(19)15-11(2)10-20-3/h11H,4-10H2,1-3H3,(H,15,19)(H,17,18). The molecule has 1 saturated heterocycles. The van der Waals surface area contributed by atoms with Crippen molar-refractivity contribution in [1.29, 1.82) is 0 Å². The molecule has 1 aliphatic rings. The minimum Gasteiger partial charge on any atom is -0.481 e. The molecule has 20 heavy (non-hydrogen) atoms. The molecular weight excluding hydrogens is 276 g/mol. The number of rotatable bonds is 6. The lowest BCUT2D eigenvalue weighted by Crippen LogP contribution is -2.51. The van der Waals surface area contributed by atoms with Crippen molar-refractivity contribution in [3.63, 3.8) is 0 Å². The van der Waals surface area contributed by atoms with Crippen LogP contribution in [0.15, 0.2) is 0 Å². The SMILES string of the molecule is CCCC1(C(=O)O)CCN(C(=O)NC(C)CSC)CC1. The van der Waals surface area contributed by atoms with Crippen molar-refractivity contribution >= 4 is 23.8 Å². The normalized spacial score (nSPS) is 19.4. The van der Waals surface area contributed by atoms with Crippen molar-refractivity contribution in [2.45, 2.75) is 45.6 Å². The second-order valence-corrected chi connectivity index (χ2v) is 6.54. The number of carbonyl (C=O) groups is 2. The molecule has 1 heterocycles. The highest BCUT2D eigenvalue weighted by molar-refractivity contribution is 7.98. The highest BCUT2D eigenvalue weighted by Gasteiger charge is 2.41. The number of aliphatic carboxylic acids is 1. The molecule has 1 rings (SSSR count). The lowest BCUT2D eigenvalue weighted by atomic mass is 9.75. The van der Waals surface area contributed by atoms with Crippen LogP contribution in [0.1, 0.15) is 39.5 Å². The van der Waals surface area contributed by atoms with Crippen molar-refractivity contribution in [2.75, 3.05) is 25.1 Å². The molecule has 0 bridgehead atoms. The van der Waals surface area contributed by atoms with Gasteiger partial charge >= 0.3 is 12.0 Å². The van der Waals surface area contributed by atoms with Gasteiger partial charge in [0.15, 0.2) is 0 Å². The molecule has 1 unspecified atom stereocenters. The van der Waals surface area contributed by atoms with Gasteiger partial charge in [-0.3, -0.25) is 4.79 Å². The van der Waals surface area contributed by atoms with Gasteiger partial charge in [0.1, 0.15) is 0 Å². The zero-order chi connectivity index (χ0) is 15.2. The van der Waals surface area contributed by atoms with Crippen LogP contribution in [0.4, 0.5) is 4.79 Å². The van der Waals surface area contributed by atoms with Crippen molar-refractivity contribution in [3.8, 4) is 0 Å². The van der Waals surface area contributed by atoms with E-state index in [1.54, 1.807) is 16.7 Å². The first kappa shape index (κ1) is 17.1. The van der Waals surface area contributed by atoms with E-state index in [0.717, 1.165) is 12.2 Å². The zero-order valence-corrected chi connectivity index (χ0v) is 13.5. The highest BCUT2D eigenvalue weighted by Crippen LogP contribution is 2.36.